The van der Waals surface area contributed by atoms with Gasteiger partial charge in [0.2, 0.25) is 0 Å². The monoisotopic (exact) mass is 399 g/mol. The topological polar surface area (TPSA) is 44.8 Å². The minimum absolute atomic E-state index is 0.0771. The van der Waals surface area contributed by atoms with E-state index in [1.54, 1.807) is 0 Å². The molecule has 2 aliphatic heterocycles. The van der Waals surface area contributed by atoms with Gasteiger partial charge in [0, 0.05) is 24.7 Å². The number of amides is 2. The smallest absolute Gasteiger partial charge is 0.322 e. The molecule has 1 unspecified atom stereocenters. The highest BCUT2D eigenvalue weighted by Gasteiger charge is 2.26. The van der Waals surface area contributed by atoms with Gasteiger partial charge in [-0.1, -0.05) is 35.9 Å². The minimum Gasteiger partial charge on any atom is -0.370 e. The molecule has 1 atom stereocenters. The first-order chi connectivity index (χ1) is 13.7. The number of hydrogen-bond acceptors (Lipinski definition) is 3. The van der Waals surface area contributed by atoms with Gasteiger partial charge in [0.15, 0.2) is 0 Å². The quantitative estimate of drug-likeness (QED) is 0.795. The molecule has 0 aliphatic carbocycles. The van der Waals surface area contributed by atoms with Crippen LogP contribution in [0.25, 0.3) is 0 Å². The van der Waals surface area contributed by atoms with Crippen LogP contribution in [0, 0.1) is 0 Å². The summed E-state index contributed by atoms with van der Waals surface area (Å²) in [5, 5.41) is 3.82. The maximum atomic E-state index is 13.0. The van der Waals surface area contributed by atoms with E-state index in [-0.39, 0.29) is 12.1 Å². The van der Waals surface area contributed by atoms with E-state index in [0.717, 1.165) is 30.0 Å². The first-order valence-corrected chi connectivity index (χ1v) is 10.4. The van der Waals surface area contributed by atoms with E-state index in [9.17, 15) is 4.79 Å². The predicted molar refractivity (Wildman–Crippen MR) is 113 cm³/mol. The van der Waals surface area contributed by atoms with Crippen LogP contribution in [-0.4, -0.2) is 43.7 Å². The van der Waals surface area contributed by atoms with Crippen molar-refractivity contribution in [3.63, 3.8) is 0 Å². The van der Waals surface area contributed by atoms with E-state index >= 15 is 0 Å². The van der Waals surface area contributed by atoms with Crippen LogP contribution in [0.3, 0.4) is 0 Å². The number of urea groups is 1. The van der Waals surface area contributed by atoms with Crippen molar-refractivity contribution in [2.24, 2.45) is 0 Å². The van der Waals surface area contributed by atoms with Crippen molar-refractivity contribution in [1.29, 1.82) is 0 Å². The highest BCUT2D eigenvalue weighted by atomic mass is 35.5. The van der Waals surface area contributed by atoms with Crippen LogP contribution in [0.4, 0.5) is 16.2 Å². The summed E-state index contributed by atoms with van der Waals surface area (Å²) in [6, 6.07) is 15.6. The molecule has 28 heavy (non-hydrogen) atoms. The van der Waals surface area contributed by atoms with Crippen LogP contribution in [0.15, 0.2) is 48.5 Å². The molecule has 4 rings (SSSR count). The highest BCUT2D eigenvalue weighted by molar-refractivity contribution is 6.30. The Morgan fingerprint density at radius 1 is 1.00 bits per heavy atom. The number of benzene rings is 2. The summed E-state index contributed by atoms with van der Waals surface area (Å²) >= 11 is 5.98. The number of piperidine rings is 1. The fourth-order valence-corrected chi connectivity index (χ4v) is 4.02. The van der Waals surface area contributed by atoms with Gasteiger partial charge in [-0.15, -0.1) is 0 Å². The van der Waals surface area contributed by atoms with Crippen LogP contribution in [0.5, 0.6) is 0 Å². The number of nitrogens with zero attached hydrogens (tertiary/aromatic N) is 2. The highest BCUT2D eigenvalue weighted by Crippen LogP contribution is 2.29. The van der Waals surface area contributed by atoms with Crippen LogP contribution in [0.2, 0.25) is 5.02 Å². The lowest BCUT2D eigenvalue weighted by Crippen LogP contribution is -2.44. The van der Waals surface area contributed by atoms with Gasteiger partial charge in [-0.05, 0) is 49.1 Å². The van der Waals surface area contributed by atoms with Crippen molar-refractivity contribution in [3.05, 3.63) is 59.1 Å². The van der Waals surface area contributed by atoms with E-state index in [0.29, 0.717) is 24.7 Å². The molecule has 2 fully saturated rings. The average Bonchev–Trinajstić information content (AvgIpc) is 2.75. The number of rotatable bonds is 3. The van der Waals surface area contributed by atoms with E-state index in [1.165, 1.54) is 19.3 Å². The molecule has 5 nitrogen and oxygen atoms in total. The van der Waals surface area contributed by atoms with E-state index in [2.05, 4.69) is 16.3 Å². The van der Waals surface area contributed by atoms with Gasteiger partial charge in [-0.25, -0.2) is 4.79 Å². The maximum absolute atomic E-state index is 13.0. The second-order valence-corrected chi connectivity index (χ2v) is 7.79. The Kier molecular flexibility index (Phi) is 6.03. The van der Waals surface area contributed by atoms with Gasteiger partial charge in [0.05, 0.1) is 24.5 Å². The molecule has 0 bridgehead atoms. The van der Waals surface area contributed by atoms with Gasteiger partial charge in [0.25, 0.3) is 0 Å². The van der Waals surface area contributed by atoms with E-state index < -0.39 is 0 Å². The number of carbonyl (C=O) groups is 1. The fourth-order valence-electron chi connectivity index (χ4n) is 3.90. The van der Waals surface area contributed by atoms with Gasteiger partial charge < -0.3 is 19.9 Å². The molecule has 0 saturated carbocycles. The molecule has 2 heterocycles. The van der Waals surface area contributed by atoms with Crippen LogP contribution in [-0.2, 0) is 4.74 Å². The van der Waals surface area contributed by atoms with Crippen molar-refractivity contribution in [3.8, 4) is 0 Å². The van der Waals surface area contributed by atoms with E-state index in [1.807, 2.05) is 47.4 Å². The number of carbonyl (C=O) groups excluding carboxylic acids is 1. The Bertz CT molecular complexity index is 806. The summed E-state index contributed by atoms with van der Waals surface area (Å²) in [4.78, 5) is 17.2. The molecule has 6 heteroatoms. The van der Waals surface area contributed by atoms with Crippen LogP contribution >= 0.6 is 11.6 Å². The number of nitrogens with one attached hydrogen (secondary N) is 1. The van der Waals surface area contributed by atoms with Gasteiger partial charge >= 0.3 is 6.03 Å². The lowest BCUT2D eigenvalue weighted by molar-refractivity contribution is -0.0135. The Balaban J connectivity index is 1.44. The van der Waals surface area contributed by atoms with Gasteiger partial charge in [-0.2, -0.15) is 0 Å². The van der Waals surface area contributed by atoms with Crippen LogP contribution < -0.4 is 10.2 Å². The fraction of sp³-hybridized carbons (Fsp3) is 0.409. The molecule has 2 aliphatic rings. The summed E-state index contributed by atoms with van der Waals surface area (Å²) in [5.74, 6) is 0. The number of morpholine rings is 1. The standard InChI is InChI=1S/C22H26ClN3O2/c23-18-10-8-17(9-11-18)21-16-26(14-15-28-21)22(27)24-19-6-2-3-7-20(19)25-12-4-1-5-13-25/h2-3,6-11,21H,1,4-5,12-16H2,(H,24,27). The third-order valence-corrected chi connectivity index (χ3v) is 5.69. The predicted octanol–water partition coefficient (Wildman–Crippen LogP) is 4.94. The number of hydrogen-bond donors (Lipinski definition) is 1. The maximum Gasteiger partial charge on any atom is 0.322 e. The third-order valence-electron chi connectivity index (χ3n) is 5.44. The van der Waals surface area contributed by atoms with Crippen molar-refractivity contribution >= 4 is 29.0 Å². The SMILES string of the molecule is O=C(Nc1ccccc1N1CCCCC1)N1CCOC(c2ccc(Cl)cc2)C1. The molecule has 0 radical (unpaired) electrons. The largest absolute Gasteiger partial charge is 0.370 e. The summed E-state index contributed by atoms with van der Waals surface area (Å²) < 4.78 is 5.88. The van der Waals surface area contributed by atoms with Crippen molar-refractivity contribution in [2.75, 3.05) is 43.0 Å². The van der Waals surface area contributed by atoms with Crippen molar-refractivity contribution < 1.29 is 9.53 Å². The summed E-state index contributed by atoms with van der Waals surface area (Å²) in [7, 11) is 0. The second-order valence-electron chi connectivity index (χ2n) is 7.35. The summed E-state index contributed by atoms with van der Waals surface area (Å²) in [6.07, 6.45) is 3.56. The molecule has 2 saturated heterocycles. The molecule has 1 N–H and O–H groups in total. The summed E-state index contributed by atoms with van der Waals surface area (Å²) in [5.41, 5.74) is 3.03. The summed E-state index contributed by atoms with van der Waals surface area (Å²) in [6.45, 7) is 3.72. The van der Waals surface area contributed by atoms with Gasteiger partial charge in [-0.3, -0.25) is 0 Å². The average molecular weight is 400 g/mol. The van der Waals surface area contributed by atoms with Crippen molar-refractivity contribution in [2.45, 2.75) is 25.4 Å². The molecule has 0 spiro atoms. The Hall–Kier alpha value is -2.24. The second kappa shape index (κ2) is 8.84. The third kappa shape index (κ3) is 4.42. The molecule has 2 aromatic rings. The zero-order valence-electron chi connectivity index (χ0n) is 15.9. The number of anilines is 2. The molecular weight excluding hydrogens is 374 g/mol. The molecule has 2 amide bonds. The lowest BCUT2D eigenvalue weighted by atomic mass is 10.1. The normalized spacial score (nSPS) is 20.1. The number of halogens is 1. The molecule has 0 aromatic heterocycles. The minimum atomic E-state index is -0.130. The lowest BCUT2D eigenvalue weighted by Gasteiger charge is -2.34. The molecular formula is C22H26ClN3O2. The van der Waals surface area contributed by atoms with E-state index in [4.69, 9.17) is 16.3 Å². The Morgan fingerprint density at radius 2 is 1.75 bits per heavy atom. The van der Waals surface area contributed by atoms with Crippen LogP contribution in [0.1, 0.15) is 30.9 Å². The molecule has 148 valence electrons. The zero-order valence-corrected chi connectivity index (χ0v) is 16.7. The Labute approximate surface area is 171 Å². The first-order valence-electron chi connectivity index (χ1n) is 9.98. The number of ether oxygens (including phenoxy) is 1. The molecule has 2 aromatic carbocycles. The zero-order chi connectivity index (χ0) is 19.3. The van der Waals surface area contributed by atoms with Gasteiger partial charge in [0.1, 0.15) is 6.10 Å². The first kappa shape index (κ1) is 19.1. The Morgan fingerprint density at radius 3 is 2.54 bits per heavy atom. The van der Waals surface area contributed by atoms with Crippen molar-refractivity contribution in [1.82, 2.24) is 4.90 Å². The number of para-hydroxylation sites is 2.